The minimum Gasteiger partial charge on any atom is -0.497 e. The molecule has 1 aliphatic heterocycles. The van der Waals surface area contributed by atoms with Crippen molar-refractivity contribution in [1.82, 2.24) is 9.78 Å². The maximum Gasteiger partial charge on any atom is 0.352 e. The van der Waals surface area contributed by atoms with Crippen molar-refractivity contribution < 1.29 is 19.4 Å². The number of ether oxygens (including phenoxy) is 1. The molecule has 1 aromatic heterocycles. The molecule has 0 spiro atoms. The summed E-state index contributed by atoms with van der Waals surface area (Å²) in [6, 6.07) is 13.4. The number of benzene rings is 2. The molecule has 0 radical (unpaired) electrons. The highest BCUT2D eigenvalue weighted by molar-refractivity contribution is 6.30. The first-order chi connectivity index (χ1) is 14.5. The number of halogens is 1. The van der Waals surface area contributed by atoms with E-state index in [-0.39, 0.29) is 11.3 Å². The predicted molar refractivity (Wildman–Crippen MR) is 112 cm³/mol. The molecule has 2 heterocycles. The lowest BCUT2D eigenvalue weighted by Gasteiger charge is -2.24. The van der Waals surface area contributed by atoms with E-state index >= 15 is 0 Å². The molecule has 3 N–H and O–H groups in total. The van der Waals surface area contributed by atoms with Crippen LogP contribution in [0.1, 0.15) is 22.0 Å². The van der Waals surface area contributed by atoms with E-state index in [1.807, 2.05) is 0 Å². The van der Waals surface area contributed by atoms with Crippen LogP contribution in [0.15, 0.2) is 66.5 Å². The minimum absolute atomic E-state index is 0.0403. The smallest absolute Gasteiger partial charge is 0.352 e. The van der Waals surface area contributed by atoms with Gasteiger partial charge in [-0.15, -0.1) is 0 Å². The van der Waals surface area contributed by atoms with Gasteiger partial charge in [-0.2, -0.15) is 5.10 Å². The van der Waals surface area contributed by atoms with Crippen LogP contribution in [0.3, 0.4) is 0 Å². The molecule has 1 amide bonds. The number of fused-ring (bicyclic) bond motifs is 1. The minimum atomic E-state index is -1.14. The van der Waals surface area contributed by atoms with E-state index < -0.39 is 17.9 Å². The number of aliphatic carboxylic acids is 1. The van der Waals surface area contributed by atoms with Gasteiger partial charge in [0.2, 0.25) is 0 Å². The standard InChI is InChI=1S/C21H17ClN4O4/c1-30-15-8-6-14(7-9-15)24-20(27)16-11-23-26-18(12-2-4-13(22)5-3-12)10-17(21(28)29)25-19(16)26/h2-11,18,25H,1H3,(H,24,27)(H,28,29)/t18-/m1/s1. The van der Waals surface area contributed by atoms with Gasteiger partial charge in [-0.3, -0.25) is 4.79 Å². The fourth-order valence-electron chi connectivity index (χ4n) is 3.16. The first kappa shape index (κ1) is 19.5. The zero-order valence-electron chi connectivity index (χ0n) is 15.8. The van der Waals surface area contributed by atoms with Crippen LogP contribution < -0.4 is 15.4 Å². The zero-order chi connectivity index (χ0) is 21.3. The normalized spacial score (nSPS) is 14.9. The number of anilines is 2. The molecule has 30 heavy (non-hydrogen) atoms. The average molecular weight is 425 g/mol. The maximum absolute atomic E-state index is 12.8. The van der Waals surface area contributed by atoms with Crippen molar-refractivity contribution in [2.24, 2.45) is 0 Å². The summed E-state index contributed by atoms with van der Waals surface area (Å²) < 4.78 is 6.68. The Morgan fingerprint density at radius 1 is 1.17 bits per heavy atom. The third-order valence-electron chi connectivity index (χ3n) is 4.67. The Morgan fingerprint density at radius 3 is 2.50 bits per heavy atom. The maximum atomic E-state index is 12.8. The molecule has 1 aliphatic rings. The second-order valence-corrected chi connectivity index (χ2v) is 6.98. The number of nitrogens with zero attached hydrogens (tertiary/aromatic N) is 2. The second kappa shape index (κ2) is 7.92. The number of methoxy groups -OCH3 is 1. The van der Waals surface area contributed by atoms with Crippen molar-refractivity contribution >= 4 is 35.0 Å². The van der Waals surface area contributed by atoms with Crippen LogP contribution in [0.25, 0.3) is 0 Å². The van der Waals surface area contributed by atoms with E-state index in [4.69, 9.17) is 16.3 Å². The number of allylic oxidation sites excluding steroid dienone is 1. The number of aromatic nitrogens is 2. The summed E-state index contributed by atoms with van der Waals surface area (Å²) in [7, 11) is 1.56. The lowest BCUT2D eigenvalue weighted by Crippen LogP contribution is -2.25. The Balaban J connectivity index is 1.68. The highest BCUT2D eigenvalue weighted by atomic mass is 35.5. The fourth-order valence-corrected chi connectivity index (χ4v) is 3.28. The fraction of sp³-hybridized carbons (Fsp3) is 0.0952. The van der Waals surface area contributed by atoms with E-state index in [1.54, 1.807) is 60.3 Å². The van der Waals surface area contributed by atoms with Crippen LogP contribution in [0.4, 0.5) is 11.5 Å². The lowest BCUT2D eigenvalue weighted by molar-refractivity contribution is -0.132. The van der Waals surface area contributed by atoms with E-state index in [2.05, 4.69) is 15.7 Å². The molecule has 8 nitrogen and oxygen atoms in total. The summed E-state index contributed by atoms with van der Waals surface area (Å²) in [5, 5.41) is 20.0. The lowest BCUT2D eigenvalue weighted by atomic mass is 10.0. The van der Waals surface area contributed by atoms with E-state index in [9.17, 15) is 14.7 Å². The van der Waals surface area contributed by atoms with Gasteiger partial charge in [0.1, 0.15) is 22.8 Å². The summed E-state index contributed by atoms with van der Waals surface area (Å²) in [5.41, 5.74) is 1.53. The molecule has 0 saturated carbocycles. The highest BCUT2D eigenvalue weighted by Gasteiger charge is 2.29. The van der Waals surface area contributed by atoms with Gasteiger partial charge < -0.3 is 20.5 Å². The molecule has 3 aromatic rings. The van der Waals surface area contributed by atoms with Crippen molar-refractivity contribution in [2.45, 2.75) is 6.04 Å². The molecular formula is C21H17ClN4O4. The zero-order valence-corrected chi connectivity index (χ0v) is 16.6. The first-order valence-corrected chi connectivity index (χ1v) is 9.34. The number of carboxylic acid groups (broad SMARTS) is 1. The summed E-state index contributed by atoms with van der Waals surface area (Å²) in [5.74, 6) is -0.598. The molecule has 2 aromatic carbocycles. The van der Waals surface area contributed by atoms with Crippen LogP contribution in [-0.2, 0) is 4.79 Å². The van der Waals surface area contributed by atoms with E-state index in [0.29, 0.717) is 22.3 Å². The summed E-state index contributed by atoms with van der Waals surface area (Å²) in [6.45, 7) is 0. The van der Waals surface area contributed by atoms with Crippen molar-refractivity contribution in [1.29, 1.82) is 0 Å². The van der Waals surface area contributed by atoms with Crippen LogP contribution in [0, 0.1) is 0 Å². The number of carboxylic acids is 1. The largest absolute Gasteiger partial charge is 0.497 e. The summed E-state index contributed by atoms with van der Waals surface area (Å²) in [4.78, 5) is 24.5. The summed E-state index contributed by atoms with van der Waals surface area (Å²) in [6.07, 6.45) is 2.94. The van der Waals surface area contributed by atoms with Crippen LogP contribution >= 0.6 is 11.6 Å². The Kier molecular flexibility index (Phi) is 5.16. The molecule has 152 valence electrons. The number of carbonyl (C=O) groups excluding carboxylic acids is 1. The molecule has 0 aliphatic carbocycles. The monoisotopic (exact) mass is 424 g/mol. The SMILES string of the molecule is COc1ccc(NC(=O)c2cnn3c2NC(C(=O)O)=C[C@@H]3c2ccc(Cl)cc2)cc1. The molecule has 4 rings (SSSR count). The Labute approximate surface area is 176 Å². The molecule has 0 saturated heterocycles. The Morgan fingerprint density at radius 2 is 1.87 bits per heavy atom. The molecule has 0 fully saturated rings. The molecule has 0 bridgehead atoms. The van der Waals surface area contributed by atoms with E-state index in [0.717, 1.165) is 5.56 Å². The van der Waals surface area contributed by atoms with Gasteiger partial charge >= 0.3 is 5.97 Å². The number of hydrogen-bond acceptors (Lipinski definition) is 5. The number of rotatable bonds is 5. The van der Waals surface area contributed by atoms with Gasteiger partial charge in [-0.1, -0.05) is 23.7 Å². The van der Waals surface area contributed by atoms with Crippen molar-refractivity contribution in [2.75, 3.05) is 17.7 Å². The van der Waals surface area contributed by atoms with Gasteiger partial charge in [0.15, 0.2) is 0 Å². The van der Waals surface area contributed by atoms with Gasteiger partial charge in [-0.25, -0.2) is 9.48 Å². The van der Waals surface area contributed by atoms with Gasteiger partial charge in [0.25, 0.3) is 5.91 Å². The van der Waals surface area contributed by atoms with Crippen LogP contribution in [0.5, 0.6) is 5.75 Å². The first-order valence-electron chi connectivity index (χ1n) is 8.97. The van der Waals surface area contributed by atoms with Crippen molar-refractivity contribution in [3.05, 3.63) is 82.7 Å². The Bertz CT molecular complexity index is 1140. The summed E-state index contributed by atoms with van der Waals surface area (Å²) >= 11 is 5.97. The average Bonchev–Trinajstić information content (AvgIpc) is 3.18. The molecule has 9 heteroatoms. The number of amides is 1. The molecule has 0 unspecified atom stereocenters. The van der Waals surface area contributed by atoms with Crippen molar-refractivity contribution in [3.63, 3.8) is 0 Å². The quantitative estimate of drug-likeness (QED) is 0.575. The Hall–Kier alpha value is -3.78. The topological polar surface area (TPSA) is 105 Å². The predicted octanol–water partition coefficient (Wildman–Crippen LogP) is 3.78. The van der Waals surface area contributed by atoms with Crippen LogP contribution in [-0.4, -0.2) is 33.9 Å². The van der Waals surface area contributed by atoms with Gasteiger partial charge in [0, 0.05) is 10.7 Å². The highest BCUT2D eigenvalue weighted by Crippen LogP contribution is 2.33. The van der Waals surface area contributed by atoms with E-state index in [1.165, 1.54) is 12.3 Å². The molecular weight excluding hydrogens is 408 g/mol. The van der Waals surface area contributed by atoms with Gasteiger partial charge in [-0.05, 0) is 48.0 Å². The second-order valence-electron chi connectivity index (χ2n) is 6.54. The number of hydrogen-bond donors (Lipinski definition) is 3. The number of carbonyl (C=O) groups is 2. The third kappa shape index (κ3) is 3.72. The molecule has 1 atom stereocenters. The number of nitrogens with one attached hydrogen (secondary N) is 2. The third-order valence-corrected chi connectivity index (χ3v) is 4.92. The van der Waals surface area contributed by atoms with Crippen molar-refractivity contribution in [3.8, 4) is 5.75 Å². The van der Waals surface area contributed by atoms with Crippen LogP contribution in [0.2, 0.25) is 5.02 Å². The van der Waals surface area contributed by atoms with Gasteiger partial charge in [0.05, 0.1) is 19.3 Å².